The summed E-state index contributed by atoms with van der Waals surface area (Å²) >= 11 is 1.27. The number of rotatable bonds is 4. The van der Waals surface area contributed by atoms with E-state index in [1.807, 2.05) is 30.3 Å². The van der Waals surface area contributed by atoms with Crippen molar-refractivity contribution in [3.8, 4) is 11.4 Å². The molecule has 0 amide bonds. The lowest BCUT2D eigenvalue weighted by Gasteiger charge is -2.09. The number of ether oxygens (including phenoxy) is 1. The van der Waals surface area contributed by atoms with Crippen LogP contribution < -0.4 is 0 Å². The standard InChI is InChI=1S/C14H12N2O3S/c1-19-14(18)11-10(8-17)15-12(16-13(11)20-2)9-6-4-3-5-7-9/h3-8H,1-2H3. The lowest BCUT2D eigenvalue weighted by molar-refractivity contribution is 0.0592. The highest BCUT2D eigenvalue weighted by molar-refractivity contribution is 7.98. The maximum atomic E-state index is 11.7. The first-order valence-electron chi connectivity index (χ1n) is 5.76. The summed E-state index contributed by atoms with van der Waals surface area (Å²) in [6.45, 7) is 0. The Balaban J connectivity index is 2.64. The molecule has 102 valence electrons. The number of hydrogen-bond donors (Lipinski definition) is 0. The van der Waals surface area contributed by atoms with Crippen LogP contribution in [0.15, 0.2) is 35.4 Å². The number of benzene rings is 1. The van der Waals surface area contributed by atoms with E-state index in [0.29, 0.717) is 17.1 Å². The van der Waals surface area contributed by atoms with Crippen molar-refractivity contribution in [3.63, 3.8) is 0 Å². The minimum atomic E-state index is -0.615. The topological polar surface area (TPSA) is 69.2 Å². The highest BCUT2D eigenvalue weighted by Crippen LogP contribution is 2.24. The average Bonchev–Trinajstić information content (AvgIpc) is 2.53. The Morgan fingerprint density at radius 3 is 2.50 bits per heavy atom. The summed E-state index contributed by atoms with van der Waals surface area (Å²) in [7, 11) is 1.26. The first-order chi connectivity index (χ1) is 9.71. The number of carbonyl (C=O) groups excluding carboxylic acids is 2. The molecule has 0 aliphatic carbocycles. The molecule has 1 aromatic heterocycles. The number of aldehydes is 1. The van der Waals surface area contributed by atoms with Crippen LogP contribution >= 0.6 is 11.8 Å². The van der Waals surface area contributed by atoms with Crippen LogP contribution in [0.3, 0.4) is 0 Å². The first-order valence-corrected chi connectivity index (χ1v) is 6.98. The summed E-state index contributed by atoms with van der Waals surface area (Å²) in [4.78, 5) is 31.4. The second kappa shape index (κ2) is 6.29. The summed E-state index contributed by atoms with van der Waals surface area (Å²) < 4.78 is 4.68. The Hall–Kier alpha value is -2.21. The molecule has 0 aliphatic rings. The third-order valence-corrected chi connectivity index (χ3v) is 3.31. The molecular weight excluding hydrogens is 276 g/mol. The number of thioether (sulfide) groups is 1. The van der Waals surface area contributed by atoms with Crippen LogP contribution in [0.25, 0.3) is 11.4 Å². The van der Waals surface area contributed by atoms with E-state index < -0.39 is 5.97 Å². The van der Waals surface area contributed by atoms with Crippen LogP contribution in [-0.4, -0.2) is 35.6 Å². The zero-order valence-electron chi connectivity index (χ0n) is 11.0. The van der Waals surface area contributed by atoms with Gasteiger partial charge in [-0.3, -0.25) is 4.79 Å². The van der Waals surface area contributed by atoms with Gasteiger partial charge in [0.25, 0.3) is 0 Å². The van der Waals surface area contributed by atoms with Crippen LogP contribution in [0.5, 0.6) is 0 Å². The monoisotopic (exact) mass is 288 g/mol. The van der Waals surface area contributed by atoms with Gasteiger partial charge < -0.3 is 4.74 Å². The van der Waals surface area contributed by atoms with E-state index in [9.17, 15) is 9.59 Å². The van der Waals surface area contributed by atoms with Crippen molar-refractivity contribution < 1.29 is 14.3 Å². The third kappa shape index (κ3) is 2.70. The van der Waals surface area contributed by atoms with Crippen LogP contribution in [0.1, 0.15) is 20.8 Å². The van der Waals surface area contributed by atoms with Gasteiger partial charge in [-0.05, 0) is 6.26 Å². The SMILES string of the molecule is COC(=O)c1c(C=O)nc(-c2ccccc2)nc1SC. The molecular formula is C14H12N2O3S. The van der Waals surface area contributed by atoms with E-state index in [4.69, 9.17) is 0 Å². The van der Waals surface area contributed by atoms with Crippen LogP contribution in [0.2, 0.25) is 0 Å². The van der Waals surface area contributed by atoms with Gasteiger partial charge >= 0.3 is 5.97 Å². The molecule has 0 radical (unpaired) electrons. The molecule has 0 fully saturated rings. The lowest BCUT2D eigenvalue weighted by atomic mass is 10.2. The Labute approximate surface area is 120 Å². The van der Waals surface area contributed by atoms with Crippen LogP contribution in [-0.2, 0) is 4.74 Å². The Kier molecular flexibility index (Phi) is 4.47. The largest absolute Gasteiger partial charge is 0.465 e. The average molecular weight is 288 g/mol. The number of nitrogens with zero attached hydrogens (tertiary/aromatic N) is 2. The predicted octanol–water partition coefficient (Wildman–Crippen LogP) is 2.46. The molecule has 0 bridgehead atoms. The molecule has 0 saturated carbocycles. The molecule has 0 aliphatic heterocycles. The molecule has 2 rings (SSSR count). The predicted molar refractivity (Wildman–Crippen MR) is 76.0 cm³/mol. The van der Waals surface area contributed by atoms with Gasteiger partial charge in [0.05, 0.1) is 7.11 Å². The van der Waals surface area contributed by atoms with Crippen LogP contribution in [0, 0.1) is 0 Å². The van der Waals surface area contributed by atoms with Crippen molar-refractivity contribution in [1.29, 1.82) is 0 Å². The fourth-order valence-corrected chi connectivity index (χ4v) is 2.27. The fourth-order valence-electron chi connectivity index (χ4n) is 1.70. The molecule has 1 heterocycles. The fraction of sp³-hybridized carbons (Fsp3) is 0.143. The maximum absolute atomic E-state index is 11.7. The first kappa shape index (κ1) is 14.2. The summed E-state index contributed by atoms with van der Waals surface area (Å²) in [5.41, 5.74) is 0.923. The summed E-state index contributed by atoms with van der Waals surface area (Å²) in [6, 6.07) is 9.26. The van der Waals surface area contributed by atoms with Gasteiger partial charge in [0.15, 0.2) is 12.1 Å². The second-order valence-electron chi connectivity index (χ2n) is 3.79. The van der Waals surface area contributed by atoms with Gasteiger partial charge in [0, 0.05) is 5.56 Å². The van der Waals surface area contributed by atoms with Crippen LogP contribution in [0.4, 0.5) is 0 Å². The number of carbonyl (C=O) groups is 2. The Bertz CT molecular complexity index is 644. The second-order valence-corrected chi connectivity index (χ2v) is 4.59. The van der Waals surface area contributed by atoms with Crippen molar-refractivity contribution in [2.45, 2.75) is 5.03 Å². The number of hydrogen-bond acceptors (Lipinski definition) is 6. The van der Waals surface area contributed by atoms with E-state index in [1.165, 1.54) is 18.9 Å². The van der Waals surface area contributed by atoms with E-state index in [2.05, 4.69) is 14.7 Å². The van der Waals surface area contributed by atoms with Gasteiger partial charge in [0.1, 0.15) is 16.3 Å². The lowest BCUT2D eigenvalue weighted by Crippen LogP contribution is -2.12. The molecule has 1 aromatic carbocycles. The summed E-state index contributed by atoms with van der Waals surface area (Å²) in [5, 5.41) is 0.424. The van der Waals surface area contributed by atoms with Crippen molar-refractivity contribution in [1.82, 2.24) is 9.97 Å². The minimum absolute atomic E-state index is 0.0371. The molecule has 0 spiro atoms. The molecule has 0 unspecified atom stereocenters. The molecule has 0 N–H and O–H groups in total. The highest BCUT2D eigenvalue weighted by atomic mass is 32.2. The van der Waals surface area contributed by atoms with E-state index in [1.54, 1.807) is 6.26 Å². The smallest absolute Gasteiger partial charge is 0.342 e. The van der Waals surface area contributed by atoms with E-state index >= 15 is 0 Å². The van der Waals surface area contributed by atoms with Crippen molar-refractivity contribution in [2.24, 2.45) is 0 Å². The molecule has 0 saturated heterocycles. The Morgan fingerprint density at radius 2 is 1.95 bits per heavy atom. The van der Waals surface area contributed by atoms with Crippen molar-refractivity contribution >= 4 is 24.0 Å². The zero-order chi connectivity index (χ0) is 14.5. The van der Waals surface area contributed by atoms with E-state index in [0.717, 1.165) is 5.56 Å². The van der Waals surface area contributed by atoms with Crippen molar-refractivity contribution in [2.75, 3.05) is 13.4 Å². The molecule has 0 atom stereocenters. The van der Waals surface area contributed by atoms with Gasteiger partial charge in [-0.2, -0.15) is 0 Å². The number of aromatic nitrogens is 2. The Morgan fingerprint density at radius 1 is 1.25 bits per heavy atom. The highest BCUT2D eigenvalue weighted by Gasteiger charge is 2.21. The van der Waals surface area contributed by atoms with Gasteiger partial charge in [-0.1, -0.05) is 30.3 Å². The zero-order valence-corrected chi connectivity index (χ0v) is 11.8. The summed E-state index contributed by atoms with van der Waals surface area (Å²) in [6.07, 6.45) is 2.32. The van der Waals surface area contributed by atoms with Crippen molar-refractivity contribution in [3.05, 3.63) is 41.6 Å². The maximum Gasteiger partial charge on any atom is 0.342 e. The number of methoxy groups -OCH3 is 1. The van der Waals surface area contributed by atoms with Gasteiger partial charge in [-0.25, -0.2) is 14.8 Å². The van der Waals surface area contributed by atoms with Gasteiger partial charge in [0.2, 0.25) is 0 Å². The summed E-state index contributed by atoms with van der Waals surface area (Å²) in [5.74, 6) is -0.208. The quantitative estimate of drug-likeness (QED) is 0.372. The molecule has 6 heteroatoms. The number of esters is 1. The third-order valence-electron chi connectivity index (χ3n) is 2.63. The molecule has 20 heavy (non-hydrogen) atoms. The normalized spacial score (nSPS) is 10.1. The van der Waals surface area contributed by atoms with Gasteiger partial charge in [-0.15, -0.1) is 11.8 Å². The molecule has 5 nitrogen and oxygen atoms in total. The minimum Gasteiger partial charge on any atom is -0.465 e. The van der Waals surface area contributed by atoms with E-state index in [-0.39, 0.29) is 11.3 Å². The molecule has 2 aromatic rings.